The summed E-state index contributed by atoms with van der Waals surface area (Å²) < 4.78 is 0. The molecular weight excluding hydrogens is 170 g/mol. The van der Waals surface area contributed by atoms with Crippen LogP contribution < -0.4 is 5.73 Å². The van der Waals surface area contributed by atoms with Crippen LogP contribution in [0.15, 0.2) is 24.3 Å². The number of rotatable bonds is 4. The van der Waals surface area contributed by atoms with Crippen molar-refractivity contribution in [3.8, 4) is 0 Å². The predicted molar refractivity (Wildman–Crippen MR) is 60.2 cm³/mol. The Morgan fingerprint density at radius 1 is 1.36 bits per heavy atom. The molecule has 0 bridgehead atoms. The van der Waals surface area contributed by atoms with Crippen molar-refractivity contribution in [1.82, 2.24) is 0 Å². The van der Waals surface area contributed by atoms with Crippen LogP contribution in [0, 0.1) is 12.8 Å². The molecule has 1 nitrogen and oxygen atoms in total. The fraction of sp³-hybridized carbons (Fsp3) is 0.538. The van der Waals surface area contributed by atoms with Gasteiger partial charge in [-0.2, -0.15) is 0 Å². The molecule has 2 rings (SSSR count). The third kappa shape index (κ3) is 2.58. The van der Waals surface area contributed by atoms with Gasteiger partial charge in [0.15, 0.2) is 0 Å². The zero-order chi connectivity index (χ0) is 9.97. The molecule has 0 saturated heterocycles. The lowest BCUT2D eigenvalue weighted by molar-refractivity contribution is 0.565. The average molecular weight is 189 g/mol. The Labute approximate surface area is 86.3 Å². The SMILES string of the molecule is Cc1ccccc1CC(N)CC1CC1. The molecule has 0 aromatic heterocycles. The number of hydrogen-bond acceptors (Lipinski definition) is 1. The highest BCUT2D eigenvalue weighted by molar-refractivity contribution is 5.26. The van der Waals surface area contributed by atoms with Crippen molar-refractivity contribution in [2.75, 3.05) is 0 Å². The summed E-state index contributed by atoms with van der Waals surface area (Å²) in [7, 11) is 0. The van der Waals surface area contributed by atoms with E-state index >= 15 is 0 Å². The molecule has 0 radical (unpaired) electrons. The first-order valence-corrected chi connectivity index (χ1v) is 5.56. The van der Waals surface area contributed by atoms with Crippen molar-refractivity contribution in [2.24, 2.45) is 11.7 Å². The van der Waals surface area contributed by atoms with Gasteiger partial charge in [0.25, 0.3) is 0 Å². The van der Waals surface area contributed by atoms with Gasteiger partial charge in [-0.25, -0.2) is 0 Å². The number of nitrogens with two attached hydrogens (primary N) is 1. The minimum absolute atomic E-state index is 0.364. The maximum absolute atomic E-state index is 6.12. The molecule has 1 heteroatoms. The van der Waals surface area contributed by atoms with E-state index in [1.807, 2.05) is 0 Å². The van der Waals surface area contributed by atoms with E-state index in [-0.39, 0.29) is 0 Å². The van der Waals surface area contributed by atoms with Crippen LogP contribution in [-0.2, 0) is 6.42 Å². The third-order valence-corrected chi connectivity index (χ3v) is 3.08. The number of benzene rings is 1. The summed E-state index contributed by atoms with van der Waals surface area (Å²) in [6.45, 7) is 2.17. The van der Waals surface area contributed by atoms with Crippen LogP contribution in [0.3, 0.4) is 0 Å². The molecule has 1 aliphatic carbocycles. The molecule has 2 N–H and O–H groups in total. The lowest BCUT2D eigenvalue weighted by atomic mass is 9.98. The Bertz CT molecular complexity index is 302. The van der Waals surface area contributed by atoms with Crippen LogP contribution >= 0.6 is 0 Å². The average Bonchev–Trinajstić information content (AvgIpc) is 2.93. The van der Waals surface area contributed by atoms with Crippen molar-refractivity contribution in [3.05, 3.63) is 35.4 Å². The molecule has 1 aromatic rings. The molecule has 1 atom stereocenters. The van der Waals surface area contributed by atoms with Crippen LogP contribution in [0.4, 0.5) is 0 Å². The van der Waals surface area contributed by atoms with Gasteiger partial charge in [0.2, 0.25) is 0 Å². The largest absolute Gasteiger partial charge is 0.327 e. The topological polar surface area (TPSA) is 26.0 Å². The van der Waals surface area contributed by atoms with Crippen molar-refractivity contribution < 1.29 is 0 Å². The highest BCUT2D eigenvalue weighted by Gasteiger charge is 2.23. The van der Waals surface area contributed by atoms with E-state index in [9.17, 15) is 0 Å². The number of hydrogen-bond donors (Lipinski definition) is 1. The van der Waals surface area contributed by atoms with Crippen molar-refractivity contribution in [3.63, 3.8) is 0 Å². The maximum atomic E-state index is 6.12. The maximum Gasteiger partial charge on any atom is 0.00820 e. The van der Waals surface area contributed by atoms with Gasteiger partial charge in [0.05, 0.1) is 0 Å². The molecule has 0 amide bonds. The molecule has 1 aliphatic rings. The monoisotopic (exact) mass is 189 g/mol. The van der Waals surface area contributed by atoms with Crippen molar-refractivity contribution in [1.29, 1.82) is 0 Å². The summed E-state index contributed by atoms with van der Waals surface area (Å²) >= 11 is 0. The van der Waals surface area contributed by atoms with Gasteiger partial charge in [-0.05, 0) is 36.8 Å². The zero-order valence-electron chi connectivity index (χ0n) is 8.87. The lowest BCUT2D eigenvalue weighted by Gasteiger charge is -2.12. The molecule has 1 saturated carbocycles. The second-order valence-electron chi connectivity index (χ2n) is 4.57. The van der Waals surface area contributed by atoms with E-state index in [4.69, 9.17) is 5.73 Å². The summed E-state index contributed by atoms with van der Waals surface area (Å²) in [5.41, 5.74) is 8.91. The standard InChI is InChI=1S/C13H19N/c1-10-4-2-3-5-12(10)9-13(14)8-11-6-7-11/h2-5,11,13H,6-9,14H2,1H3. The molecular formula is C13H19N. The van der Waals surface area contributed by atoms with E-state index < -0.39 is 0 Å². The van der Waals surface area contributed by atoms with Gasteiger partial charge in [-0.15, -0.1) is 0 Å². The summed E-state index contributed by atoms with van der Waals surface area (Å²) in [5, 5.41) is 0. The van der Waals surface area contributed by atoms with Crippen molar-refractivity contribution >= 4 is 0 Å². The Hall–Kier alpha value is -0.820. The Balaban J connectivity index is 1.91. The van der Waals surface area contributed by atoms with E-state index in [0.29, 0.717) is 6.04 Å². The third-order valence-electron chi connectivity index (χ3n) is 3.08. The minimum atomic E-state index is 0.364. The quantitative estimate of drug-likeness (QED) is 0.774. The highest BCUT2D eigenvalue weighted by Crippen LogP contribution is 2.33. The van der Waals surface area contributed by atoms with Crippen LogP contribution in [0.2, 0.25) is 0 Å². The molecule has 76 valence electrons. The highest BCUT2D eigenvalue weighted by atomic mass is 14.6. The van der Waals surface area contributed by atoms with E-state index in [1.54, 1.807) is 0 Å². The Morgan fingerprint density at radius 2 is 2.07 bits per heavy atom. The van der Waals surface area contributed by atoms with Gasteiger partial charge in [0, 0.05) is 6.04 Å². The second-order valence-corrected chi connectivity index (χ2v) is 4.57. The van der Waals surface area contributed by atoms with Crippen LogP contribution in [0.1, 0.15) is 30.4 Å². The zero-order valence-corrected chi connectivity index (χ0v) is 8.87. The first kappa shape index (κ1) is 9.72. The predicted octanol–water partition coefficient (Wildman–Crippen LogP) is 2.66. The summed E-state index contributed by atoms with van der Waals surface area (Å²) in [6.07, 6.45) is 5.07. The Morgan fingerprint density at radius 3 is 2.71 bits per heavy atom. The molecule has 0 heterocycles. The van der Waals surface area contributed by atoms with Gasteiger partial charge < -0.3 is 5.73 Å². The molecule has 0 aliphatic heterocycles. The fourth-order valence-electron chi connectivity index (χ4n) is 1.99. The van der Waals surface area contributed by atoms with Crippen LogP contribution in [-0.4, -0.2) is 6.04 Å². The van der Waals surface area contributed by atoms with Gasteiger partial charge in [0.1, 0.15) is 0 Å². The van der Waals surface area contributed by atoms with Gasteiger partial charge in [-0.1, -0.05) is 37.1 Å². The lowest BCUT2D eigenvalue weighted by Crippen LogP contribution is -2.23. The van der Waals surface area contributed by atoms with E-state index in [0.717, 1.165) is 12.3 Å². The fourth-order valence-corrected chi connectivity index (χ4v) is 1.99. The second kappa shape index (κ2) is 4.14. The first-order chi connectivity index (χ1) is 6.75. The van der Waals surface area contributed by atoms with E-state index in [1.165, 1.54) is 30.4 Å². The minimum Gasteiger partial charge on any atom is -0.327 e. The number of aryl methyl sites for hydroxylation is 1. The first-order valence-electron chi connectivity index (χ1n) is 5.56. The molecule has 1 fully saturated rings. The van der Waals surface area contributed by atoms with Crippen LogP contribution in [0.5, 0.6) is 0 Å². The summed E-state index contributed by atoms with van der Waals surface area (Å²) in [6, 6.07) is 8.92. The van der Waals surface area contributed by atoms with Gasteiger partial charge >= 0.3 is 0 Å². The molecule has 1 aromatic carbocycles. The van der Waals surface area contributed by atoms with Crippen LogP contribution in [0.25, 0.3) is 0 Å². The van der Waals surface area contributed by atoms with Crippen molar-refractivity contribution in [2.45, 2.75) is 38.6 Å². The summed E-state index contributed by atoms with van der Waals surface area (Å²) in [5.74, 6) is 0.939. The molecule has 1 unspecified atom stereocenters. The normalized spacial score (nSPS) is 18.1. The molecule has 0 spiro atoms. The van der Waals surface area contributed by atoms with E-state index in [2.05, 4.69) is 31.2 Å². The summed E-state index contributed by atoms with van der Waals surface area (Å²) in [4.78, 5) is 0. The molecule has 14 heavy (non-hydrogen) atoms. The Kier molecular flexibility index (Phi) is 2.87. The van der Waals surface area contributed by atoms with Gasteiger partial charge in [-0.3, -0.25) is 0 Å². The smallest absolute Gasteiger partial charge is 0.00820 e.